The van der Waals surface area contributed by atoms with Gasteiger partial charge in [-0.25, -0.2) is 0 Å². The van der Waals surface area contributed by atoms with E-state index in [-0.39, 0.29) is 0 Å². The number of nitrogens with zero attached hydrogens (tertiary/aromatic N) is 1. The van der Waals surface area contributed by atoms with Crippen molar-refractivity contribution in [3.63, 3.8) is 0 Å². The molecule has 0 bridgehead atoms. The summed E-state index contributed by atoms with van der Waals surface area (Å²) in [7, 11) is 0. The van der Waals surface area contributed by atoms with Crippen LogP contribution in [-0.2, 0) is 0 Å². The Balaban J connectivity index is 2.60. The lowest BCUT2D eigenvalue weighted by atomic mass is 9.80. The maximum Gasteiger partial charge on any atom is 0.00501 e. The first-order valence-electron chi connectivity index (χ1n) is 7.51. The highest BCUT2D eigenvalue weighted by Crippen LogP contribution is 2.39. The summed E-state index contributed by atoms with van der Waals surface area (Å²) >= 11 is 0. The van der Waals surface area contributed by atoms with Crippen LogP contribution in [0.1, 0.15) is 59.8 Å². The Hall–Kier alpha value is -0.0800. The maximum absolute atomic E-state index is 6.01. The minimum Gasteiger partial charge on any atom is -0.330 e. The molecule has 1 heterocycles. The predicted molar refractivity (Wildman–Crippen MR) is 76.1 cm³/mol. The van der Waals surface area contributed by atoms with Crippen LogP contribution in [0.15, 0.2) is 0 Å². The van der Waals surface area contributed by atoms with Crippen LogP contribution >= 0.6 is 0 Å². The maximum atomic E-state index is 6.01. The molecule has 0 aromatic carbocycles. The van der Waals surface area contributed by atoms with Gasteiger partial charge in [-0.1, -0.05) is 27.7 Å². The highest BCUT2D eigenvalue weighted by Gasteiger charge is 2.37. The van der Waals surface area contributed by atoms with E-state index in [1.165, 1.54) is 51.7 Å². The van der Waals surface area contributed by atoms with E-state index in [9.17, 15) is 0 Å². The van der Waals surface area contributed by atoms with Crippen molar-refractivity contribution < 1.29 is 0 Å². The molecule has 2 N–H and O–H groups in total. The van der Waals surface area contributed by atoms with E-state index in [0.717, 1.165) is 6.54 Å². The first-order valence-corrected chi connectivity index (χ1v) is 7.51. The lowest BCUT2D eigenvalue weighted by Gasteiger charge is -2.35. The van der Waals surface area contributed by atoms with Crippen molar-refractivity contribution in [2.75, 3.05) is 26.2 Å². The molecule has 0 radical (unpaired) electrons. The third kappa shape index (κ3) is 3.23. The monoisotopic (exact) mass is 240 g/mol. The molecule has 1 aliphatic rings. The topological polar surface area (TPSA) is 29.3 Å². The smallest absolute Gasteiger partial charge is 0.00501 e. The summed E-state index contributed by atoms with van der Waals surface area (Å²) < 4.78 is 0. The quantitative estimate of drug-likeness (QED) is 0.740. The van der Waals surface area contributed by atoms with Crippen LogP contribution in [0.3, 0.4) is 0 Å². The van der Waals surface area contributed by atoms with Crippen molar-refractivity contribution in [3.05, 3.63) is 0 Å². The second-order valence-electron chi connectivity index (χ2n) is 6.08. The molecule has 17 heavy (non-hydrogen) atoms. The lowest BCUT2D eigenvalue weighted by Crippen LogP contribution is -2.41. The zero-order valence-electron chi connectivity index (χ0n) is 12.4. The summed E-state index contributed by atoms with van der Waals surface area (Å²) in [5, 5.41) is 0. The highest BCUT2D eigenvalue weighted by atomic mass is 15.2. The van der Waals surface area contributed by atoms with E-state index in [1.807, 2.05) is 0 Å². The molecule has 0 saturated carbocycles. The van der Waals surface area contributed by atoms with E-state index < -0.39 is 0 Å². The van der Waals surface area contributed by atoms with Gasteiger partial charge in [0.25, 0.3) is 0 Å². The van der Waals surface area contributed by atoms with Crippen molar-refractivity contribution in [1.82, 2.24) is 4.90 Å². The molecule has 0 atom stereocenters. The second kappa shape index (κ2) is 6.19. The van der Waals surface area contributed by atoms with Crippen LogP contribution in [-0.4, -0.2) is 31.1 Å². The van der Waals surface area contributed by atoms with Gasteiger partial charge >= 0.3 is 0 Å². The molecule has 0 aliphatic carbocycles. The summed E-state index contributed by atoms with van der Waals surface area (Å²) in [5.41, 5.74) is 6.97. The zero-order valence-corrected chi connectivity index (χ0v) is 12.4. The van der Waals surface area contributed by atoms with Gasteiger partial charge in [0.2, 0.25) is 0 Å². The highest BCUT2D eigenvalue weighted by molar-refractivity contribution is 4.91. The first-order chi connectivity index (χ1) is 8.09. The minimum atomic E-state index is 0.359. The standard InChI is InChI=1S/C15H32N2/c1-5-14(6-2)9-10-17(12-14)13-15(7-3,8-4)11-16/h5-13,16H2,1-4H3. The molecule has 1 fully saturated rings. The third-order valence-corrected chi connectivity index (χ3v) is 5.51. The Morgan fingerprint density at radius 2 is 1.71 bits per heavy atom. The molecule has 102 valence electrons. The Morgan fingerprint density at radius 3 is 2.06 bits per heavy atom. The molecule has 1 saturated heterocycles. The predicted octanol–water partition coefficient (Wildman–Crippen LogP) is 3.26. The van der Waals surface area contributed by atoms with Crippen LogP contribution in [0.2, 0.25) is 0 Å². The average molecular weight is 240 g/mol. The van der Waals surface area contributed by atoms with Crippen molar-refractivity contribution >= 4 is 0 Å². The van der Waals surface area contributed by atoms with E-state index in [4.69, 9.17) is 5.73 Å². The van der Waals surface area contributed by atoms with Crippen LogP contribution in [0.4, 0.5) is 0 Å². The van der Waals surface area contributed by atoms with Crippen molar-refractivity contribution in [2.24, 2.45) is 16.6 Å². The van der Waals surface area contributed by atoms with Gasteiger partial charge in [0.15, 0.2) is 0 Å². The summed E-state index contributed by atoms with van der Waals surface area (Å²) in [6, 6.07) is 0. The molecule has 1 rings (SSSR count). The zero-order chi connectivity index (χ0) is 12.9. The van der Waals surface area contributed by atoms with Crippen LogP contribution in [0, 0.1) is 10.8 Å². The van der Waals surface area contributed by atoms with Gasteiger partial charge in [0.05, 0.1) is 0 Å². The molecule has 0 aromatic rings. The first kappa shape index (κ1) is 15.0. The lowest BCUT2D eigenvalue weighted by molar-refractivity contribution is 0.148. The van der Waals surface area contributed by atoms with E-state index in [1.54, 1.807) is 0 Å². The van der Waals surface area contributed by atoms with Gasteiger partial charge in [0.1, 0.15) is 0 Å². The fourth-order valence-corrected chi connectivity index (χ4v) is 3.29. The summed E-state index contributed by atoms with van der Waals surface area (Å²) in [6.45, 7) is 13.9. The fraction of sp³-hybridized carbons (Fsp3) is 1.00. The fourth-order valence-electron chi connectivity index (χ4n) is 3.29. The number of likely N-dealkylation sites (tertiary alicyclic amines) is 1. The normalized spacial score (nSPS) is 21.0. The van der Waals surface area contributed by atoms with Crippen molar-refractivity contribution in [2.45, 2.75) is 59.8 Å². The molecular weight excluding hydrogens is 208 g/mol. The Kier molecular flexibility index (Phi) is 5.46. The number of hydrogen-bond donors (Lipinski definition) is 1. The largest absolute Gasteiger partial charge is 0.330 e. The summed E-state index contributed by atoms with van der Waals surface area (Å²) in [6.07, 6.45) is 6.46. The van der Waals surface area contributed by atoms with E-state index in [2.05, 4.69) is 32.6 Å². The third-order valence-electron chi connectivity index (χ3n) is 5.51. The minimum absolute atomic E-state index is 0.359. The Labute approximate surface area is 108 Å². The van der Waals surface area contributed by atoms with Crippen LogP contribution < -0.4 is 5.73 Å². The second-order valence-corrected chi connectivity index (χ2v) is 6.08. The van der Waals surface area contributed by atoms with Crippen LogP contribution in [0.25, 0.3) is 0 Å². The van der Waals surface area contributed by atoms with Gasteiger partial charge in [0, 0.05) is 13.1 Å². The number of hydrogen-bond acceptors (Lipinski definition) is 2. The summed E-state index contributed by atoms with van der Waals surface area (Å²) in [4.78, 5) is 2.67. The Morgan fingerprint density at radius 1 is 1.12 bits per heavy atom. The summed E-state index contributed by atoms with van der Waals surface area (Å²) in [5.74, 6) is 0. The molecular formula is C15H32N2. The van der Waals surface area contributed by atoms with Crippen molar-refractivity contribution in [3.8, 4) is 0 Å². The van der Waals surface area contributed by atoms with Crippen LogP contribution in [0.5, 0.6) is 0 Å². The SMILES string of the molecule is CCC(CC)(CN)CN1CCC(CC)(CC)C1. The van der Waals surface area contributed by atoms with Gasteiger partial charge in [-0.3, -0.25) is 0 Å². The molecule has 0 amide bonds. The van der Waals surface area contributed by atoms with E-state index >= 15 is 0 Å². The number of nitrogens with two attached hydrogens (primary N) is 1. The van der Waals surface area contributed by atoms with Gasteiger partial charge in [-0.2, -0.15) is 0 Å². The van der Waals surface area contributed by atoms with Gasteiger partial charge < -0.3 is 10.6 Å². The number of rotatable bonds is 7. The molecule has 0 aromatic heterocycles. The molecule has 2 nitrogen and oxygen atoms in total. The Bertz CT molecular complexity index is 209. The van der Waals surface area contributed by atoms with E-state index in [0.29, 0.717) is 10.8 Å². The van der Waals surface area contributed by atoms with Gasteiger partial charge in [-0.15, -0.1) is 0 Å². The average Bonchev–Trinajstić information content (AvgIpc) is 2.80. The molecule has 1 aliphatic heterocycles. The van der Waals surface area contributed by atoms with Gasteiger partial charge in [-0.05, 0) is 56.0 Å². The van der Waals surface area contributed by atoms with Crippen molar-refractivity contribution in [1.29, 1.82) is 0 Å². The molecule has 0 spiro atoms. The molecule has 2 heteroatoms. The molecule has 0 unspecified atom stereocenters.